The Morgan fingerprint density at radius 2 is 2.08 bits per heavy atom. The van der Waals surface area contributed by atoms with Gasteiger partial charge in [-0.3, -0.25) is 0 Å². The minimum absolute atomic E-state index is 1.19. The van der Waals surface area contributed by atoms with Gasteiger partial charge in [0, 0.05) is 25.7 Å². The molecule has 1 aromatic carbocycles. The van der Waals surface area contributed by atoms with Crippen LogP contribution in [-0.4, -0.2) is 11.6 Å². The molecule has 1 atom stereocenters. The number of hydrogen-bond donors (Lipinski definition) is 1. The van der Waals surface area contributed by atoms with Gasteiger partial charge in [-0.15, -0.1) is 9.24 Å². The molecule has 0 fully saturated rings. The SMILES string of the molecule is CNc1c(P)ccc2ccn(C)c12. The molecule has 1 N–H and O–H groups in total. The third-order valence-electron chi connectivity index (χ3n) is 2.32. The first-order valence-electron chi connectivity index (χ1n) is 4.25. The van der Waals surface area contributed by atoms with Crippen LogP contribution in [0.15, 0.2) is 24.4 Å². The molecule has 0 saturated heterocycles. The zero-order valence-corrected chi connectivity index (χ0v) is 8.99. The van der Waals surface area contributed by atoms with Crippen molar-refractivity contribution in [3.63, 3.8) is 0 Å². The molecular weight excluding hydrogens is 179 g/mol. The Balaban J connectivity index is 2.88. The van der Waals surface area contributed by atoms with Gasteiger partial charge in [-0.1, -0.05) is 12.1 Å². The Bertz CT molecular complexity index is 445. The van der Waals surface area contributed by atoms with Crippen LogP contribution in [0.25, 0.3) is 10.9 Å². The second-order valence-corrected chi connectivity index (χ2v) is 3.77. The van der Waals surface area contributed by atoms with Crippen LogP contribution in [0, 0.1) is 0 Å². The minimum Gasteiger partial charge on any atom is -0.386 e. The quantitative estimate of drug-likeness (QED) is 0.681. The first-order chi connectivity index (χ1) is 6.24. The average molecular weight is 192 g/mol. The number of rotatable bonds is 1. The van der Waals surface area contributed by atoms with E-state index in [1.165, 1.54) is 21.9 Å². The molecule has 1 aromatic heterocycles. The lowest BCUT2D eigenvalue weighted by Gasteiger charge is -2.08. The molecule has 0 aliphatic heterocycles. The smallest absolute Gasteiger partial charge is 0.0719 e. The van der Waals surface area contributed by atoms with E-state index in [2.05, 4.69) is 50.6 Å². The van der Waals surface area contributed by atoms with Gasteiger partial charge in [-0.2, -0.15) is 0 Å². The van der Waals surface area contributed by atoms with E-state index in [0.717, 1.165) is 0 Å². The highest BCUT2D eigenvalue weighted by Crippen LogP contribution is 2.23. The lowest BCUT2D eigenvalue weighted by atomic mass is 10.2. The third-order valence-corrected chi connectivity index (χ3v) is 2.80. The number of aromatic nitrogens is 1. The van der Waals surface area contributed by atoms with Crippen LogP contribution >= 0.6 is 9.24 Å². The molecule has 0 radical (unpaired) electrons. The highest BCUT2D eigenvalue weighted by atomic mass is 31.0. The van der Waals surface area contributed by atoms with Crippen LogP contribution in [0.5, 0.6) is 0 Å². The zero-order chi connectivity index (χ0) is 9.42. The third kappa shape index (κ3) is 1.22. The average Bonchev–Trinajstić information content (AvgIpc) is 2.49. The van der Waals surface area contributed by atoms with Crippen molar-refractivity contribution < 1.29 is 0 Å². The molecule has 2 nitrogen and oxygen atoms in total. The second kappa shape index (κ2) is 3.04. The van der Waals surface area contributed by atoms with Gasteiger partial charge in [0.2, 0.25) is 0 Å². The maximum Gasteiger partial charge on any atom is 0.0719 e. The van der Waals surface area contributed by atoms with Gasteiger partial charge < -0.3 is 9.88 Å². The maximum absolute atomic E-state index is 3.22. The van der Waals surface area contributed by atoms with Crippen LogP contribution in [0.4, 0.5) is 5.69 Å². The van der Waals surface area contributed by atoms with Crippen molar-refractivity contribution in [2.45, 2.75) is 0 Å². The number of nitrogens with zero attached hydrogens (tertiary/aromatic N) is 1. The van der Waals surface area contributed by atoms with E-state index in [4.69, 9.17) is 0 Å². The molecule has 3 heteroatoms. The summed E-state index contributed by atoms with van der Waals surface area (Å²) in [7, 11) is 6.76. The molecule has 0 amide bonds. The van der Waals surface area contributed by atoms with Crippen molar-refractivity contribution in [1.29, 1.82) is 0 Å². The van der Waals surface area contributed by atoms with Crippen molar-refractivity contribution in [1.82, 2.24) is 4.57 Å². The molecule has 0 bridgehead atoms. The van der Waals surface area contributed by atoms with Crippen molar-refractivity contribution in [2.24, 2.45) is 7.05 Å². The van der Waals surface area contributed by atoms with E-state index < -0.39 is 0 Å². The van der Waals surface area contributed by atoms with Gasteiger partial charge >= 0.3 is 0 Å². The Kier molecular flexibility index (Phi) is 2.01. The van der Waals surface area contributed by atoms with Crippen LogP contribution in [-0.2, 0) is 7.05 Å². The molecular formula is C10H13N2P. The minimum atomic E-state index is 1.19. The normalized spacial score (nSPS) is 10.7. The predicted octanol–water partition coefficient (Wildman–Crippen LogP) is 1.72. The van der Waals surface area contributed by atoms with Crippen LogP contribution < -0.4 is 10.6 Å². The fourth-order valence-electron chi connectivity index (χ4n) is 1.67. The molecule has 0 aliphatic carbocycles. The molecule has 2 aromatic rings. The predicted molar refractivity (Wildman–Crippen MR) is 61.8 cm³/mol. The highest BCUT2D eigenvalue weighted by molar-refractivity contribution is 7.28. The van der Waals surface area contributed by atoms with E-state index in [-0.39, 0.29) is 0 Å². The summed E-state index contributed by atoms with van der Waals surface area (Å²) in [6, 6.07) is 6.37. The number of fused-ring (bicyclic) bond motifs is 1. The summed E-state index contributed by atoms with van der Waals surface area (Å²) in [5.41, 5.74) is 2.45. The monoisotopic (exact) mass is 192 g/mol. The van der Waals surface area contributed by atoms with Crippen LogP contribution in [0.1, 0.15) is 0 Å². The van der Waals surface area contributed by atoms with Gasteiger partial charge in [-0.25, -0.2) is 0 Å². The summed E-state index contributed by atoms with van der Waals surface area (Å²) in [4.78, 5) is 0. The van der Waals surface area contributed by atoms with E-state index >= 15 is 0 Å². The van der Waals surface area contributed by atoms with Gasteiger partial charge in [0.05, 0.1) is 11.2 Å². The van der Waals surface area contributed by atoms with Gasteiger partial charge in [0.1, 0.15) is 0 Å². The number of anilines is 1. The fourth-order valence-corrected chi connectivity index (χ4v) is 2.04. The van der Waals surface area contributed by atoms with Crippen molar-refractivity contribution in [2.75, 3.05) is 12.4 Å². The van der Waals surface area contributed by atoms with Crippen LogP contribution in [0.3, 0.4) is 0 Å². The molecule has 0 saturated carbocycles. The lowest BCUT2D eigenvalue weighted by molar-refractivity contribution is 0.970. The molecule has 68 valence electrons. The first-order valence-corrected chi connectivity index (χ1v) is 4.83. The number of aryl methyl sites for hydroxylation is 1. The van der Waals surface area contributed by atoms with Gasteiger partial charge in [0.25, 0.3) is 0 Å². The summed E-state index contributed by atoms with van der Waals surface area (Å²) in [5, 5.41) is 5.70. The fraction of sp³-hybridized carbons (Fsp3) is 0.200. The first kappa shape index (κ1) is 8.58. The van der Waals surface area contributed by atoms with Gasteiger partial charge in [-0.05, 0) is 11.4 Å². The number of hydrogen-bond acceptors (Lipinski definition) is 1. The van der Waals surface area contributed by atoms with E-state index in [9.17, 15) is 0 Å². The standard InChI is InChI=1S/C10H13N2P/c1-11-9-8(13)4-3-7-5-6-12(2)10(7)9/h3-6,11H,13H2,1-2H3. The summed E-state index contributed by atoms with van der Waals surface area (Å²) >= 11 is 0. The number of nitrogens with one attached hydrogen (secondary N) is 1. The highest BCUT2D eigenvalue weighted by Gasteiger charge is 2.05. The Morgan fingerprint density at radius 3 is 2.77 bits per heavy atom. The maximum atomic E-state index is 3.22. The molecule has 1 heterocycles. The molecule has 1 unspecified atom stereocenters. The summed E-state index contributed by atoms with van der Waals surface area (Å²) in [6.45, 7) is 0. The molecule has 0 aliphatic rings. The zero-order valence-electron chi connectivity index (χ0n) is 7.83. The Morgan fingerprint density at radius 1 is 1.31 bits per heavy atom. The molecule has 13 heavy (non-hydrogen) atoms. The van der Waals surface area contributed by atoms with Crippen molar-refractivity contribution in [3.8, 4) is 0 Å². The molecule has 2 rings (SSSR count). The topological polar surface area (TPSA) is 17.0 Å². The lowest BCUT2D eigenvalue weighted by Crippen LogP contribution is -2.04. The summed E-state index contributed by atoms with van der Waals surface area (Å²) in [6.07, 6.45) is 2.08. The van der Waals surface area contributed by atoms with E-state index in [0.29, 0.717) is 0 Å². The second-order valence-electron chi connectivity index (χ2n) is 3.14. The largest absolute Gasteiger partial charge is 0.386 e. The van der Waals surface area contributed by atoms with E-state index in [1.807, 2.05) is 7.05 Å². The van der Waals surface area contributed by atoms with Crippen LogP contribution in [0.2, 0.25) is 0 Å². The van der Waals surface area contributed by atoms with Crippen molar-refractivity contribution in [3.05, 3.63) is 24.4 Å². The summed E-state index contributed by atoms with van der Waals surface area (Å²) in [5.74, 6) is 0. The Labute approximate surface area is 80.1 Å². The van der Waals surface area contributed by atoms with E-state index in [1.54, 1.807) is 0 Å². The molecule has 0 spiro atoms. The number of benzene rings is 1. The summed E-state index contributed by atoms with van der Waals surface area (Å²) < 4.78 is 2.13. The Hall–Kier alpha value is -1.01. The van der Waals surface area contributed by atoms with Crippen molar-refractivity contribution >= 4 is 31.1 Å². The van der Waals surface area contributed by atoms with Gasteiger partial charge in [0.15, 0.2) is 0 Å².